The van der Waals surface area contributed by atoms with Crippen LogP contribution >= 0.6 is 0 Å². The Bertz CT molecular complexity index is 367. The van der Waals surface area contributed by atoms with Crippen molar-refractivity contribution in [3.63, 3.8) is 0 Å². The number of likely N-dealkylation sites (N-methyl/N-ethyl adjacent to an activating group) is 1. The van der Waals surface area contributed by atoms with Gasteiger partial charge in [-0.25, -0.2) is 0 Å². The van der Waals surface area contributed by atoms with Gasteiger partial charge >= 0.3 is 0 Å². The molecule has 0 saturated carbocycles. The summed E-state index contributed by atoms with van der Waals surface area (Å²) in [6.45, 7) is 8.54. The van der Waals surface area contributed by atoms with Crippen LogP contribution in [-0.2, 0) is 15.9 Å². The van der Waals surface area contributed by atoms with Crippen molar-refractivity contribution in [2.24, 2.45) is 0 Å². The highest BCUT2D eigenvalue weighted by Crippen LogP contribution is 2.18. The predicted molar refractivity (Wildman–Crippen MR) is 79.9 cm³/mol. The molecule has 0 spiro atoms. The lowest BCUT2D eigenvalue weighted by atomic mass is 9.94. The lowest BCUT2D eigenvalue weighted by Crippen LogP contribution is -2.33. The zero-order chi connectivity index (χ0) is 14.3. The molecule has 0 radical (unpaired) electrons. The van der Waals surface area contributed by atoms with E-state index in [2.05, 4.69) is 38.2 Å². The summed E-state index contributed by atoms with van der Waals surface area (Å²) in [6, 6.07) is 4.85. The van der Waals surface area contributed by atoms with Crippen LogP contribution in [0.25, 0.3) is 0 Å². The fourth-order valence-electron chi connectivity index (χ4n) is 2.39. The molecule has 3 nitrogen and oxygen atoms in total. The minimum Gasteiger partial charge on any atom is -0.382 e. The van der Waals surface area contributed by atoms with Crippen molar-refractivity contribution in [3.05, 3.63) is 34.4 Å². The van der Waals surface area contributed by atoms with Crippen LogP contribution in [0.5, 0.6) is 0 Å². The topological polar surface area (TPSA) is 30.5 Å². The summed E-state index contributed by atoms with van der Waals surface area (Å²) in [6.07, 6.45) is 1.00. The number of methoxy groups -OCH3 is 1. The van der Waals surface area contributed by atoms with Gasteiger partial charge in [-0.05, 0) is 50.9 Å². The molecule has 0 aliphatic heterocycles. The molecule has 1 N–H and O–H groups in total. The summed E-state index contributed by atoms with van der Waals surface area (Å²) in [4.78, 5) is 0. The Labute approximate surface area is 117 Å². The second-order valence-corrected chi connectivity index (χ2v) is 5.13. The predicted octanol–water partition coefficient (Wildman–Crippen LogP) is 2.41. The van der Waals surface area contributed by atoms with Gasteiger partial charge in [0.2, 0.25) is 0 Å². The van der Waals surface area contributed by atoms with E-state index in [1.807, 2.05) is 7.05 Å². The minimum atomic E-state index is 0.344. The first-order valence-electron chi connectivity index (χ1n) is 6.89. The van der Waals surface area contributed by atoms with Crippen molar-refractivity contribution >= 4 is 0 Å². The van der Waals surface area contributed by atoms with Gasteiger partial charge in [-0.1, -0.05) is 17.7 Å². The smallest absolute Gasteiger partial charge is 0.0701 e. The van der Waals surface area contributed by atoms with Crippen molar-refractivity contribution in [2.45, 2.75) is 33.2 Å². The Balaban J connectivity index is 2.60. The van der Waals surface area contributed by atoms with Gasteiger partial charge in [0, 0.05) is 13.2 Å². The van der Waals surface area contributed by atoms with Gasteiger partial charge in [0.15, 0.2) is 0 Å². The molecule has 19 heavy (non-hydrogen) atoms. The van der Waals surface area contributed by atoms with E-state index in [0.29, 0.717) is 25.9 Å². The number of ether oxygens (including phenoxy) is 2. The van der Waals surface area contributed by atoms with Crippen LogP contribution in [0.3, 0.4) is 0 Å². The number of hydrogen-bond donors (Lipinski definition) is 1. The van der Waals surface area contributed by atoms with Gasteiger partial charge in [0.25, 0.3) is 0 Å². The summed E-state index contributed by atoms with van der Waals surface area (Å²) in [7, 11) is 3.68. The average Bonchev–Trinajstić information content (AvgIpc) is 2.36. The zero-order valence-corrected chi connectivity index (χ0v) is 12.9. The molecule has 0 bridgehead atoms. The lowest BCUT2D eigenvalue weighted by Gasteiger charge is -2.19. The normalized spacial score (nSPS) is 12.7. The molecule has 1 atom stereocenters. The molecule has 0 aromatic heterocycles. The van der Waals surface area contributed by atoms with Gasteiger partial charge < -0.3 is 14.8 Å². The van der Waals surface area contributed by atoms with Gasteiger partial charge in [0.05, 0.1) is 19.8 Å². The van der Waals surface area contributed by atoms with E-state index in [-0.39, 0.29) is 0 Å². The Morgan fingerprint density at radius 2 is 1.74 bits per heavy atom. The second kappa shape index (κ2) is 8.31. The average molecular weight is 265 g/mol. The molecule has 0 heterocycles. The third-order valence-corrected chi connectivity index (χ3v) is 3.45. The first kappa shape index (κ1) is 16.2. The third kappa shape index (κ3) is 5.31. The molecular formula is C16H27NO2. The number of aryl methyl sites for hydroxylation is 3. The van der Waals surface area contributed by atoms with E-state index >= 15 is 0 Å². The molecule has 0 fully saturated rings. The fraction of sp³-hybridized carbons (Fsp3) is 0.625. The summed E-state index contributed by atoms with van der Waals surface area (Å²) in [5.41, 5.74) is 5.50. The van der Waals surface area contributed by atoms with Crippen LogP contribution in [0.2, 0.25) is 0 Å². The molecule has 0 aliphatic rings. The first-order chi connectivity index (χ1) is 9.08. The molecule has 0 saturated heterocycles. The highest BCUT2D eigenvalue weighted by atomic mass is 16.5. The molecule has 3 heteroatoms. The van der Waals surface area contributed by atoms with Crippen molar-refractivity contribution < 1.29 is 9.47 Å². The van der Waals surface area contributed by atoms with E-state index in [9.17, 15) is 0 Å². The van der Waals surface area contributed by atoms with Gasteiger partial charge in [-0.2, -0.15) is 0 Å². The fourth-order valence-corrected chi connectivity index (χ4v) is 2.39. The van der Waals surface area contributed by atoms with Crippen molar-refractivity contribution in [1.82, 2.24) is 5.32 Å². The van der Waals surface area contributed by atoms with E-state index < -0.39 is 0 Å². The Kier molecular flexibility index (Phi) is 7.06. The number of nitrogens with one attached hydrogen (secondary N) is 1. The number of hydrogen-bond acceptors (Lipinski definition) is 3. The van der Waals surface area contributed by atoms with E-state index in [1.165, 1.54) is 22.3 Å². The Hall–Kier alpha value is -0.900. The maximum atomic E-state index is 5.62. The maximum absolute atomic E-state index is 5.62. The van der Waals surface area contributed by atoms with Crippen LogP contribution in [0, 0.1) is 20.8 Å². The van der Waals surface area contributed by atoms with Gasteiger partial charge in [0.1, 0.15) is 0 Å². The minimum absolute atomic E-state index is 0.344. The standard InChI is InChI=1S/C16H27NO2/c1-12-8-13(2)16(14(3)9-12)10-15(17-4)11-19-7-6-18-5/h8-9,15,17H,6-7,10-11H2,1-5H3. The highest BCUT2D eigenvalue weighted by Gasteiger charge is 2.11. The molecule has 0 aliphatic carbocycles. The Morgan fingerprint density at radius 1 is 1.11 bits per heavy atom. The molecule has 108 valence electrons. The zero-order valence-electron chi connectivity index (χ0n) is 12.9. The van der Waals surface area contributed by atoms with Crippen molar-refractivity contribution in [2.75, 3.05) is 34.0 Å². The molecule has 1 aromatic carbocycles. The van der Waals surface area contributed by atoms with E-state index in [1.54, 1.807) is 7.11 Å². The van der Waals surface area contributed by atoms with Gasteiger partial charge in [-0.15, -0.1) is 0 Å². The third-order valence-electron chi connectivity index (χ3n) is 3.45. The summed E-state index contributed by atoms with van der Waals surface area (Å²) in [5, 5.41) is 3.33. The largest absolute Gasteiger partial charge is 0.382 e. The second-order valence-electron chi connectivity index (χ2n) is 5.13. The van der Waals surface area contributed by atoms with Crippen molar-refractivity contribution in [1.29, 1.82) is 0 Å². The summed E-state index contributed by atoms with van der Waals surface area (Å²) >= 11 is 0. The lowest BCUT2D eigenvalue weighted by molar-refractivity contribution is 0.0597. The van der Waals surface area contributed by atoms with E-state index in [4.69, 9.17) is 9.47 Å². The molecule has 0 amide bonds. The monoisotopic (exact) mass is 265 g/mol. The van der Waals surface area contributed by atoms with Crippen LogP contribution in [0.15, 0.2) is 12.1 Å². The molecule has 1 rings (SSSR count). The maximum Gasteiger partial charge on any atom is 0.0701 e. The molecular weight excluding hydrogens is 238 g/mol. The van der Waals surface area contributed by atoms with Crippen LogP contribution in [-0.4, -0.2) is 40.0 Å². The first-order valence-corrected chi connectivity index (χ1v) is 6.89. The highest BCUT2D eigenvalue weighted by molar-refractivity contribution is 5.38. The molecule has 1 aromatic rings. The SMILES string of the molecule is CNC(COCCOC)Cc1c(C)cc(C)cc1C. The molecule has 1 unspecified atom stereocenters. The summed E-state index contributed by atoms with van der Waals surface area (Å²) < 4.78 is 10.6. The Morgan fingerprint density at radius 3 is 2.26 bits per heavy atom. The van der Waals surface area contributed by atoms with E-state index in [0.717, 1.165) is 6.42 Å². The van der Waals surface area contributed by atoms with Gasteiger partial charge in [-0.3, -0.25) is 0 Å². The number of benzene rings is 1. The summed E-state index contributed by atoms with van der Waals surface area (Å²) in [5.74, 6) is 0. The van der Waals surface area contributed by atoms with Crippen LogP contribution < -0.4 is 5.32 Å². The quantitative estimate of drug-likeness (QED) is 0.732. The van der Waals surface area contributed by atoms with Crippen LogP contribution in [0.1, 0.15) is 22.3 Å². The van der Waals surface area contributed by atoms with Crippen molar-refractivity contribution in [3.8, 4) is 0 Å². The van der Waals surface area contributed by atoms with Crippen LogP contribution in [0.4, 0.5) is 0 Å². The number of rotatable bonds is 8.